The first-order valence-corrected chi connectivity index (χ1v) is 5.08. The Labute approximate surface area is 85.7 Å². The molecule has 0 saturated heterocycles. The molecule has 3 heteroatoms. The van der Waals surface area contributed by atoms with Gasteiger partial charge in [-0.1, -0.05) is 6.92 Å². The number of aryl methyl sites for hydroxylation is 1. The van der Waals surface area contributed by atoms with Crippen molar-refractivity contribution in [3.05, 3.63) is 24.0 Å². The molecule has 3 N–H and O–H groups in total. The highest BCUT2D eigenvalue weighted by molar-refractivity contribution is 5.44. The first kappa shape index (κ1) is 11.0. The first-order valence-electron chi connectivity index (χ1n) is 5.08. The third-order valence-electron chi connectivity index (χ3n) is 2.40. The highest BCUT2D eigenvalue weighted by Gasteiger charge is 2.09. The van der Waals surface area contributed by atoms with Crippen molar-refractivity contribution in [1.82, 2.24) is 4.98 Å². The number of nitrogens with one attached hydrogen (secondary N) is 1. The lowest BCUT2D eigenvalue weighted by molar-refractivity contribution is 0.573. The minimum atomic E-state index is 0.198. The fourth-order valence-electron chi connectivity index (χ4n) is 1.36. The van der Waals surface area contributed by atoms with Crippen molar-refractivity contribution >= 4 is 5.69 Å². The van der Waals surface area contributed by atoms with Crippen molar-refractivity contribution in [3.63, 3.8) is 0 Å². The van der Waals surface area contributed by atoms with Crippen LogP contribution in [0.4, 0.5) is 5.69 Å². The summed E-state index contributed by atoms with van der Waals surface area (Å²) in [6, 6.07) is 4.48. The molecule has 0 radical (unpaired) electrons. The van der Waals surface area contributed by atoms with E-state index in [1.165, 1.54) is 0 Å². The summed E-state index contributed by atoms with van der Waals surface area (Å²) in [6.45, 7) is 6.18. The van der Waals surface area contributed by atoms with Crippen LogP contribution in [-0.4, -0.2) is 17.1 Å². The van der Waals surface area contributed by atoms with Crippen molar-refractivity contribution in [1.29, 1.82) is 0 Å². The van der Waals surface area contributed by atoms with E-state index in [1.807, 2.05) is 25.3 Å². The van der Waals surface area contributed by atoms with Crippen LogP contribution in [0.3, 0.4) is 0 Å². The van der Waals surface area contributed by atoms with Gasteiger partial charge in [0.1, 0.15) is 0 Å². The third kappa shape index (κ3) is 3.00. The van der Waals surface area contributed by atoms with Crippen LogP contribution >= 0.6 is 0 Å². The summed E-state index contributed by atoms with van der Waals surface area (Å²) in [7, 11) is 0. The number of anilines is 1. The van der Waals surface area contributed by atoms with Crippen LogP contribution in [0.5, 0.6) is 0 Å². The summed E-state index contributed by atoms with van der Waals surface area (Å²) >= 11 is 0. The summed E-state index contributed by atoms with van der Waals surface area (Å²) in [5.74, 6) is 0. The number of aromatic nitrogens is 1. The van der Waals surface area contributed by atoms with Gasteiger partial charge in [-0.25, -0.2) is 0 Å². The van der Waals surface area contributed by atoms with Crippen LogP contribution in [0.15, 0.2) is 18.3 Å². The summed E-state index contributed by atoms with van der Waals surface area (Å²) in [4.78, 5) is 4.14. The van der Waals surface area contributed by atoms with Gasteiger partial charge in [-0.2, -0.15) is 0 Å². The van der Waals surface area contributed by atoms with Crippen molar-refractivity contribution in [2.24, 2.45) is 5.73 Å². The average molecular weight is 193 g/mol. The van der Waals surface area contributed by atoms with Gasteiger partial charge in [0.25, 0.3) is 0 Å². The Morgan fingerprint density at radius 1 is 1.57 bits per heavy atom. The predicted octanol–water partition coefficient (Wildman–Crippen LogP) is 1.93. The minimum absolute atomic E-state index is 0.198. The van der Waals surface area contributed by atoms with Crippen molar-refractivity contribution < 1.29 is 0 Å². The van der Waals surface area contributed by atoms with Crippen LogP contribution in [0.1, 0.15) is 26.0 Å². The fraction of sp³-hybridized carbons (Fsp3) is 0.545. The number of nitrogens with two attached hydrogens (primary N) is 1. The molecule has 0 saturated carbocycles. The Morgan fingerprint density at radius 2 is 2.29 bits per heavy atom. The number of rotatable bonds is 4. The Morgan fingerprint density at radius 3 is 2.86 bits per heavy atom. The third-order valence-corrected chi connectivity index (χ3v) is 2.40. The van der Waals surface area contributed by atoms with E-state index in [9.17, 15) is 0 Å². The molecular formula is C11H19N3. The molecule has 0 spiro atoms. The SMILES string of the molecule is CCC(N)C(C)Nc1ccnc(C)c1. The quantitative estimate of drug-likeness (QED) is 0.768. The van der Waals surface area contributed by atoms with Crippen LogP contribution in [0, 0.1) is 6.92 Å². The van der Waals surface area contributed by atoms with Gasteiger partial charge < -0.3 is 11.1 Å². The zero-order valence-corrected chi connectivity index (χ0v) is 9.12. The molecule has 1 aromatic heterocycles. The molecule has 0 aliphatic rings. The average Bonchev–Trinajstić information content (AvgIpc) is 2.16. The van der Waals surface area contributed by atoms with Gasteiger partial charge in [0.05, 0.1) is 0 Å². The van der Waals surface area contributed by atoms with E-state index in [0.717, 1.165) is 17.8 Å². The van der Waals surface area contributed by atoms with Crippen LogP contribution in [-0.2, 0) is 0 Å². The maximum absolute atomic E-state index is 5.92. The van der Waals surface area contributed by atoms with Gasteiger partial charge in [0, 0.05) is 29.7 Å². The Bertz CT molecular complexity index is 286. The van der Waals surface area contributed by atoms with Gasteiger partial charge in [-0.3, -0.25) is 4.98 Å². The largest absolute Gasteiger partial charge is 0.381 e. The zero-order valence-electron chi connectivity index (χ0n) is 9.12. The molecule has 0 amide bonds. The summed E-state index contributed by atoms with van der Waals surface area (Å²) in [6.07, 6.45) is 2.79. The highest BCUT2D eigenvalue weighted by Crippen LogP contribution is 2.10. The Hall–Kier alpha value is -1.09. The molecule has 0 fully saturated rings. The molecule has 78 valence electrons. The molecule has 0 aromatic carbocycles. The van der Waals surface area contributed by atoms with Crippen LogP contribution in [0.2, 0.25) is 0 Å². The molecule has 1 heterocycles. The lowest BCUT2D eigenvalue weighted by atomic mass is 10.1. The normalized spacial score (nSPS) is 14.9. The Balaban J connectivity index is 2.60. The maximum atomic E-state index is 5.92. The highest BCUT2D eigenvalue weighted by atomic mass is 15.0. The molecule has 1 rings (SSSR count). The molecule has 0 aliphatic carbocycles. The minimum Gasteiger partial charge on any atom is -0.381 e. The molecule has 0 bridgehead atoms. The van der Waals surface area contributed by atoms with Crippen LogP contribution in [0.25, 0.3) is 0 Å². The molecule has 0 aliphatic heterocycles. The summed E-state index contributed by atoms with van der Waals surface area (Å²) in [5.41, 5.74) is 8.04. The van der Waals surface area contributed by atoms with Gasteiger partial charge in [0.2, 0.25) is 0 Å². The number of nitrogens with zero attached hydrogens (tertiary/aromatic N) is 1. The molecule has 2 atom stereocenters. The summed E-state index contributed by atoms with van der Waals surface area (Å²) in [5, 5.41) is 3.37. The van der Waals surface area contributed by atoms with Gasteiger partial charge in [-0.05, 0) is 32.4 Å². The molecule has 3 nitrogen and oxygen atoms in total. The van der Waals surface area contributed by atoms with E-state index < -0.39 is 0 Å². The lowest BCUT2D eigenvalue weighted by Gasteiger charge is -2.21. The molecule has 1 aromatic rings. The first-order chi connectivity index (χ1) is 6.63. The molecule has 2 unspecified atom stereocenters. The van der Waals surface area contributed by atoms with Crippen molar-refractivity contribution in [3.8, 4) is 0 Å². The van der Waals surface area contributed by atoms with Gasteiger partial charge in [0.15, 0.2) is 0 Å². The predicted molar refractivity (Wildman–Crippen MR) is 60.3 cm³/mol. The number of hydrogen-bond donors (Lipinski definition) is 2. The van der Waals surface area contributed by atoms with E-state index in [4.69, 9.17) is 5.73 Å². The lowest BCUT2D eigenvalue weighted by Crippen LogP contribution is -2.37. The van der Waals surface area contributed by atoms with Gasteiger partial charge in [-0.15, -0.1) is 0 Å². The number of hydrogen-bond acceptors (Lipinski definition) is 3. The molecule has 14 heavy (non-hydrogen) atoms. The maximum Gasteiger partial charge on any atom is 0.0393 e. The van der Waals surface area contributed by atoms with Crippen LogP contribution < -0.4 is 11.1 Å². The van der Waals surface area contributed by atoms with E-state index in [2.05, 4.69) is 24.1 Å². The standard InChI is InChI=1S/C11H19N3/c1-4-11(12)9(3)14-10-5-6-13-8(2)7-10/h5-7,9,11H,4,12H2,1-3H3,(H,13,14). The molecular weight excluding hydrogens is 174 g/mol. The second-order valence-corrected chi connectivity index (χ2v) is 3.69. The van der Waals surface area contributed by atoms with Crippen molar-refractivity contribution in [2.75, 3.05) is 5.32 Å². The van der Waals surface area contributed by atoms with E-state index >= 15 is 0 Å². The Kier molecular flexibility index (Phi) is 3.89. The topological polar surface area (TPSA) is 50.9 Å². The second-order valence-electron chi connectivity index (χ2n) is 3.69. The zero-order chi connectivity index (χ0) is 10.6. The monoisotopic (exact) mass is 193 g/mol. The summed E-state index contributed by atoms with van der Waals surface area (Å²) < 4.78 is 0. The van der Waals surface area contributed by atoms with E-state index in [-0.39, 0.29) is 6.04 Å². The van der Waals surface area contributed by atoms with E-state index in [1.54, 1.807) is 0 Å². The van der Waals surface area contributed by atoms with E-state index in [0.29, 0.717) is 6.04 Å². The fourth-order valence-corrected chi connectivity index (χ4v) is 1.36. The van der Waals surface area contributed by atoms with Crippen molar-refractivity contribution in [2.45, 2.75) is 39.3 Å². The smallest absolute Gasteiger partial charge is 0.0393 e. The number of pyridine rings is 1. The second kappa shape index (κ2) is 4.96. The van der Waals surface area contributed by atoms with Gasteiger partial charge >= 0.3 is 0 Å².